The summed E-state index contributed by atoms with van der Waals surface area (Å²) in [6.45, 7) is 0. The van der Waals surface area contributed by atoms with Gasteiger partial charge in [0.2, 0.25) is 0 Å². The number of benzene rings is 1. The van der Waals surface area contributed by atoms with Crippen LogP contribution in [0.15, 0.2) is 18.2 Å². The third kappa shape index (κ3) is 2.35. The minimum atomic E-state index is -0.728. The molecule has 1 aromatic rings. The molecule has 2 saturated heterocycles. The van der Waals surface area contributed by atoms with Crippen LogP contribution in [0.2, 0.25) is 10.0 Å². The van der Waals surface area contributed by atoms with Crippen LogP contribution in [-0.2, 0) is 4.79 Å². The monoisotopic (exact) mass is 299 g/mol. The molecule has 2 N–H and O–H groups in total. The van der Waals surface area contributed by atoms with E-state index in [0.29, 0.717) is 16.1 Å². The molecule has 2 aliphatic heterocycles. The van der Waals surface area contributed by atoms with Crippen molar-refractivity contribution in [3.05, 3.63) is 33.8 Å². The van der Waals surface area contributed by atoms with E-state index in [1.165, 1.54) is 0 Å². The van der Waals surface area contributed by atoms with Gasteiger partial charge in [0, 0.05) is 18.0 Å². The molecule has 2 heterocycles. The van der Waals surface area contributed by atoms with Gasteiger partial charge < -0.3 is 10.4 Å². The molecule has 0 aromatic heterocycles. The lowest BCUT2D eigenvalue weighted by Gasteiger charge is -2.35. The van der Waals surface area contributed by atoms with Crippen molar-refractivity contribution in [3.8, 4) is 0 Å². The maximum absolute atomic E-state index is 11.6. The van der Waals surface area contributed by atoms with Crippen LogP contribution in [0.3, 0.4) is 0 Å². The van der Waals surface area contributed by atoms with Gasteiger partial charge in [-0.1, -0.05) is 29.3 Å². The van der Waals surface area contributed by atoms with E-state index in [1.807, 2.05) is 12.1 Å². The zero-order valence-electron chi connectivity index (χ0n) is 10.3. The Bertz CT molecular complexity index is 520. The summed E-state index contributed by atoms with van der Waals surface area (Å²) in [6.07, 6.45) is 2.86. The second-order valence-corrected chi connectivity index (χ2v) is 6.24. The van der Waals surface area contributed by atoms with Crippen LogP contribution in [0.5, 0.6) is 0 Å². The van der Waals surface area contributed by atoms with Crippen LogP contribution in [0.4, 0.5) is 0 Å². The van der Waals surface area contributed by atoms with Crippen molar-refractivity contribution in [1.29, 1.82) is 0 Å². The number of halogens is 2. The summed E-state index contributed by atoms with van der Waals surface area (Å²) in [4.78, 5) is 11.6. The Kier molecular flexibility index (Phi) is 3.46. The number of carboxylic acids is 1. The van der Waals surface area contributed by atoms with Crippen molar-refractivity contribution < 1.29 is 9.90 Å². The largest absolute Gasteiger partial charge is 0.481 e. The number of hydrogen-bond acceptors (Lipinski definition) is 2. The smallest absolute Gasteiger partial charge is 0.308 e. The lowest BCUT2D eigenvalue weighted by Crippen LogP contribution is -2.47. The standard InChI is InChI=1S/C14H15Cl2NO2/c15-10-3-1-7(5-11(10)16)9-6-8-2-4-12(17-8)13(9)14(18)19/h1,3,5,8-9,12-13,17H,2,4,6H2,(H,18,19)/t8-,9+,12+,13+/m0/s1. The third-order valence-corrected chi connectivity index (χ3v) is 5.08. The highest BCUT2D eigenvalue weighted by Crippen LogP contribution is 2.42. The zero-order chi connectivity index (χ0) is 13.6. The number of fused-ring (bicyclic) bond motifs is 2. The molecular formula is C14H15Cl2NO2. The summed E-state index contributed by atoms with van der Waals surface area (Å²) >= 11 is 12.0. The molecule has 2 fully saturated rings. The fourth-order valence-electron chi connectivity index (χ4n) is 3.48. The van der Waals surface area contributed by atoms with Crippen LogP contribution < -0.4 is 5.32 Å². The van der Waals surface area contributed by atoms with Crippen LogP contribution in [0.1, 0.15) is 30.7 Å². The van der Waals surface area contributed by atoms with Gasteiger partial charge in [-0.3, -0.25) is 4.79 Å². The molecule has 2 aliphatic rings. The molecule has 19 heavy (non-hydrogen) atoms. The molecule has 4 atom stereocenters. The fourth-order valence-corrected chi connectivity index (χ4v) is 3.79. The van der Waals surface area contributed by atoms with E-state index in [0.717, 1.165) is 24.8 Å². The van der Waals surface area contributed by atoms with Gasteiger partial charge in [0.25, 0.3) is 0 Å². The number of carbonyl (C=O) groups is 1. The highest BCUT2D eigenvalue weighted by Gasteiger charge is 2.45. The van der Waals surface area contributed by atoms with Crippen molar-refractivity contribution >= 4 is 29.2 Å². The van der Waals surface area contributed by atoms with Gasteiger partial charge >= 0.3 is 5.97 Å². The average Bonchev–Trinajstić information content (AvgIpc) is 2.73. The summed E-state index contributed by atoms with van der Waals surface area (Å²) in [5.74, 6) is -1.09. The van der Waals surface area contributed by atoms with E-state index in [9.17, 15) is 9.90 Å². The minimum absolute atomic E-state index is 0.0195. The van der Waals surface area contributed by atoms with Crippen molar-refractivity contribution in [1.82, 2.24) is 5.32 Å². The van der Waals surface area contributed by atoms with Gasteiger partial charge in [-0.2, -0.15) is 0 Å². The molecule has 3 rings (SSSR count). The Labute approximate surface area is 121 Å². The van der Waals surface area contributed by atoms with Gasteiger partial charge in [0.1, 0.15) is 0 Å². The second-order valence-electron chi connectivity index (χ2n) is 5.43. The highest BCUT2D eigenvalue weighted by atomic mass is 35.5. The van der Waals surface area contributed by atoms with E-state index in [4.69, 9.17) is 23.2 Å². The number of carboxylic acid groups (broad SMARTS) is 1. The number of aliphatic carboxylic acids is 1. The van der Waals surface area contributed by atoms with Crippen LogP contribution in [0, 0.1) is 5.92 Å². The minimum Gasteiger partial charge on any atom is -0.481 e. The first-order valence-electron chi connectivity index (χ1n) is 6.50. The Balaban J connectivity index is 1.96. The lowest BCUT2D eigenvalue weighted by atomic mass is 9.77. The van der Waals surface area contributed by atoms with Crippen LogP contribution >= 0.6 is 23.2 Å². The fraction of sp³-hybridized carbons (Fsp3) is 0.500. The Morgan fingerprint density at radius 3 is 2.74 bits per heavy atom. The normalized spacial score (nSPS) is 33.4. The highest BCUT2D eigenvalue weighted by molar-refractivity contribution is 6.42. The molecule has 0 saturated carbocycles. The quantitative estimate of drug-likeness (QED) is 0.881. The summed E-state index contributed by atoms with van der Waals surface area (Å²) in [5.41, 5.74) is 0.986. The topological polar surface area (TPSA) is 49.3 Å². The molecule has 5 heteroatoms. The van der Waals surface area contributed by atoms with E-state index in [-0.39, 0.29) is 17.9 Å². The number of hydrogen-bond donors (Lipinski definition) is 2. The summed E-state index contributed by atoms with van der Waals surface area (Å²) in [5, 5.41) is 13.9. The molecule has 0 amide bonds. The summed E-state index contributed by atoms with van der Waals surface area (Å²) < 4.78 is 0. The third-order valence-electron chi connectivity index (χ3n) is 4.34. The Morgan fingerprint density at radius 2 is 2.05 bits per heavy atom. The van der Waals surface area contributed by atoms with Crippen LogP contribution in [-0.4, -0.2) is 23.2 Å². The van der Waals surface area contributed by atoms with Gasteiger partial charge in [-0.25, -0.2) is 0 Å². The molecule has 0 radical (unpaired) electrons. The van der Waals surface area contributed by atoms with Gasteiger partial charge in [-0.05, 0) is 37.0 Å². The molecule has 102 valence electrons. The summed E-state index contributed by atoms with van der Waals surface area (Å²) in [6, 6.07) is 5.98. The first-order valence-corrected chi connectivity index (χ1v) is 7.25. The van der Waals surface area contributed by atoms with Crippen molar-refractivity contribution in [2.75, 3.05) is 0 Å². The Morgan fingerprint density at radius 1 is 1.26 bits per heavy atom. The van der Waals surface area contributed by atoms with Crippen molar-refractivity contribution in [3.63, 3.8) is 0 Å². The zero-order valence-corrected chi connectivity index (χ0v) is 11.8. The first kappa shape index (κ1) is 13.2. The van der Waals surface area contributed by atoms with Gasteiger partial charge in [-0.15, -0.1) is 0 Å². The Hall–Kier alpha value is -0.770. The van der Waals surface area contributed by atoms with Gasteiger partial charge in [0.05, 0.1) is 16.0 Å². The molecule has 0 unspecified atom stereocenters. The van der Waals surface area contributed by atoms with Crippen molar-refractivity contribution in [2.45, 2.75) is 37.3 Å². The van der Waals surface area contributed by atoms with E-state index in [2.05, 4.69) is 5.32 Å². The molecule has 2 bridgehead atoms. The maximum atomic E-state index is 11.6. The number of piperidine rings is 1. The van der Waals surface area contributed by atoms with Crippen molar-refractivity contribution in [2.24, 2.45) is 5.92 Å². The SMILES string of the molecule is O=C(O)[C@@H]1[C@@H](c2ccc(Cl)c(Cl)c2)C[C@@H]2CC[C@H]1N2. The average molecular weight is 300 g/mol. The molecule has 0 aliphatic carbocycles. The molecule has 3 nitrogen and oxygen atoms in total. The second kappa shape index (κ2) is 4.97. The van der Waals surface area contributed by atoms with E-state index >= 15 is 0 Å². The predicted molar refractivity (Wildman–Crippen MR) is 74.9 cm³/mol. The molecule has 1 aromatic carbocycles. The van der Waals surface area contributed by atoms with Crippen LogP contribution in [0.25, 0.3) is 0 Å². The molecule has 0 spiro atoms. The first-order chi connectivity index (χ1) is 9.06. The molecular weight excluding hydrogens is 285 g/mol. The van der Waals surface area contributed by atoms with Gasteiger partial charge in [0.15, 0.2) is 0 Å². The van der Waals surface area contributed by atoms with E-state index in [1.54, 1.807) is 6.07 Å². The van der Waals surface area contributed by atoms with E-state index < -0.39 is 5.97 Å². The lowest BCUT2D eigenvalue weighted by molar-refractivity contribution is -0.144. The predicted octanol–water partition coefficient (Wildman–Crippen LogP) is 3.30. The number of rotatable bonds is 2. The number of nitrogens with one attached hydrogen (secondary N) is 1. The maximum Gasteiger partial charge on any atom is 0.308 e. The summed E-state index contributed by atoms with van der Waals surface area (Å²) in [7, 11) is 0.